The van der Waals surface area contributed by atoms with E-state index in [2.05, 4.69) is 9.38 Å². The van der Waals surface area contributed by atoms with Gasteiger partial charge in [0.05, 0.1) is 5.69 Å². The fourth-order valence-electron chi connectivity index (χ4n) is 2.04. The Morgan fingerprint density at radius 2 is 1.90 bits per heavy atom. The first-order valence-electron chi connectivity index (χ1n) is 5.94. The van der Waals surface area contributed by atoms with Gasteiger partial charge in [-0.25, -0.2) is 5.84 Å². The Morgan fingerprint density at radius 3 is 2.65 bits per heavy atom. The van der Waals surface area contributed by atoms with E-state index in [1.807, 2.05) is 30.3 Å². The Bertz CT molecular complexity index is 772. The first-order valence-corrected chi connectivity index (χ1v) is 7.38. The van der Waals surface area contributed by atoms with Gasteiger partial charge in [0, 0.05) is 18.8 Å². The molecular weight excluding hydrogens is 276 g/mol. The first kappa shape index (κ1) is 12.8. The fourth-order valence-corrected chi connectivity index (χ4v) is 3.19. The van der Waals surface area contributed by atoms with Crippen LogP contribution >= 0.6 is 0 Å². The van der Waals surface area contributed by atoms with E-state index in [0.29, 0.717) is 12.1 Å². The van der Waals surface area contributed by atoms with Crippen molar-refractivity contribution in [2.75, 3.05) is 5.01 Å². The average Bonchev–Trinajstić information content (AvgIpc) is 2.46. The van der Waals surface area contributed by atoms with E-state index in [0.717, 1.165) is 5.56 Å². The van der Waals surface area contributed by atoms with Gasteiger partial charge in [0.2, 0.25) is 0 Å². The number of aromatic nitrogens is 1. The summed E-state index contributed by atoms with van der Waals surface area (Å²) in [4.78, 5) is 3.83. The molecule has 2 N–H and O–H groups in total. The number of nitrogens with zero attached hydrogens (tertiary/aromatic N) is 3. The molecule has 3 rings (SSSR count). The van der Waals surface area contributed by atoms with Crippen LogP contribution in [0.4, 0.5) is 5.69 Å². The summed E-state index contributed by atoms with van der Waals surface area (Å²) >= 11 is 0. The second-order valence-corrected chi connectivity index (χ2v) is 5.93. The van der Waals surface area contributed by atoms with Crippen molar-refractivity contribution < 1.29 is 8.42 Å². The molecule has 20 heavy (non-hydrogen) atoms. The number of amidine groups is 1. The lowest BCUT2D eigenvalue weighted by molar-refractivity contribution is 0.596. The highest BCUT2D eigenvalue weighted by Gasteiger charge is 2.29. The van der Waals surface area contributed by atoms with Crippen LogP contribution in [0.5, 0.6) is 0 Å². The Balaban J connectivity index is 2.04. The third-order valence-electron chi connectivity index (χ3n) is 3.01. The van der Waals surface area contributed by atoms with Gasteiger partial charge in [-0.3, -0.25) is 9.99 Å². The molecule has 0 atom stereocenters. The Kier molecular flexibility index (Phi) is 3.00. The van der Waals surface area contributed by atoms with E-state index < -0.39 is 10.0 Å². The van der Waals surface area contributed by atoms with E-state index in [1.54, 1.807) is 6.07 Å². The second-order valence-electron chi connectivity index (χ2n) is 4.36. The number of rotatable bonds is 2. The average molecular weight is 288 g/mol. The van der Waals surface area contributed by atoms with Crippen molar-refractivity contribution in [2.24, 2.45) is 10.2 Å². The molecule has 0 spiro atoms. The quantitative estimate of drug-likeness (QED) is 0.836. The van der Waals surface area contributed by atoms with E-state index in [9.17, 15) is 8.42 Å². The van der Waals surface area contributed by atoms with Crippen molar-refractivity contribution in [3.8, 4) is 0 Å². The van der Waals surface area contributed by atoms with Crippen molar-refractivity contribution in [1.29, 1.82) is 0 Å². The predicted octanol–water partition coefficient (Wildman–Crippen LogP) is 1.11. The van der Waals surface area contributed by atoms with Crippen molar-refractivity contribution >= 4 is 21.5 Å². The number of anilines is 1. The summed E-state index contributed by atoms with van der Waals surface area (Å²) in [6.45, 7) is 0. The zero-order chi connectivity index (χ0) is 14.2. The topological polar surface area (TPSA) is 88.6 Å². The Morgan fingerprint density at radius 1 is 1.15 bits per heavy atom. The van der Waals surface area contributed by atoms with Gasteiger partial charge in [0.1, 0.15) is 10.7 Å². The van der Waals surface area contributed by atoms with Crippen molar-refractivity contribution in [3.05, 3.63) is 54.4 Å². The summed E-state index contributed by atoms with van der Waals surface area (Å²) in [6.07, 6.45) is 3.10. The lowest BCUT2D eigenvalue weighted by Crippen LogP contribution is -2.42. The monoisotopic (exact) mass is 288 g/mol. The normalized spacial score (nSPS) is 16.4. The van der Waals surface area contributed by atoms with Gasteiger partial charge >= 0.3 is 0 Å². The number of nitrogens with two attached hydrogens (primary N) is 1. The number of fused-ring (bicyclic) bond motifs is 1. The molecular formula is C13H12N4O2S. The van der Waals surface area contributed by atoms with Crippen LogP contribution in [0.15, 0.2) is 58.1 Å². The zero-order valence-corrected chi connectivity index (χ0v) is 11.3. The molecule has 102 valence electrons. The SMILES string of the molecule is NN1C(Cc2ccccc2)=NS(=O)(=O)c2cnccc21. The summed E-state index contributed by atoms with van der Waals surface area (Å²) in [5.41, 5.74) is 1.33. The number of hydrogen-bond donors (Lipinski definition) is 1. The molecule has 1 aromatic heterocycles. The number of pyridine rings is 1. The van der Waals surface area contributed by atoms with Gasteiger partial charge in [-0.05, 0) is 11.6 Å². The summed E-state index contributed by atoms with van der Waals surface area (Å²) in [5.74, 6) is 6.26. The third kappa shape index (κ3) is 2.17. The largest absolute Gasteiger partial charge is 0.287 e. The molecule has 0 unspecified atom stereocenters. The van der Waals surface area contributed by atoms with E-state index in [-0.39, 0.29) is 10.7 Å². The Hall–Kier alpha value is -2.25. The highest BCUT2D eigenvalue weighted by atomic mass is 32.2. The Labute approximate surface area is 116 Å². The lowest BCUT2D eigenvalue weighted by atomic mass is 10.1. The third-order valence-corrected chi connectivity index (χ3v) is 4.33. The molecule has 0 saturated heterocycles. The zero-order valence-electron chi connectivity index (χ0n) is 10.5. The molecule has 1 aliphatic rings. The molecule has 0 fully saturated rings. The molecule has 6 nitrogen and oxygen atoms in total. The van der Waals surface area contributed by atoms with Crippen LogP contribution in [-0.2, 0) is 16.4 Å². The molecule has 0 amide bonds. The van der Waals surface area contributed by atoms with Gasteiger partial charge in [0.25, 0.3) is 10.0 Å². The second kappa shape index (κ2) is 4.69. The van der Waals surface area contributed by atoms with Gasteiger partial charge in [0.15, 0.2) is 0 Å². The molecule has 7 heteroatoms. The smallest absolute Gasteiger partial charge is 0.263 e. The lowest BCUT2D eigenvalue weighted by Gasteiger charge is -2.26. The maximum absolute atomic E-state index is 12.1. The van der Waals surface area contributed by atoms with Crippen molar-refractivity contribution in [3.63, 3.8) is 0 Å². The molecule has 0 saturated carbocycles. The van der Waals surface area contributed by atoms with Crippen molar-refractivity contribution in [1.82, 2.24) is 4.98 Å². The maximum atomic E-state index is 12.1. The molecule has 2 aromatic rings. The number of benzene rings is 1. The number of sulfonamides is 1. The van der Waals surface area contributed by atoms with Gasteiger partial charge in [-0.1, -0.05) is 30.3 Å². The van der Waals surface area contributed by atoms with Crippen LogP contribution in [0.3, 0.4) is 0 Å². The van der Waals surface area contributed by atoms with E-state index in [4.69, 9.17) is 5.84 Å². The fraction of sp³-hybridized carbons (Fsp3) is 0.0769. The summed E-state index contributed by atoms with van der Waals surface area (Å²) in [7, 11) is -3.74. The predicted molar refractivity (Wildman–Crippen MR) is 75.7 cm³/mol. The van der Waals surface area contributed by atoms with Gasteiger partial charge < -0.3 is 0 Å². The molecule has 0 bridgehead atoms. The van der Waals surface area contributed by atoms with Crippen LogP contribution in [-0.4, -0.2) is 19.2 Å². The number of hydrazine groups is 1. The molecule has 1 aromatic carbocycles. The van der Waals surface area contributed by atoms with Gasteiger partial charge in [-0.15, -0.1) is 4.40 Å². The van der Waals surface area contributed by atoms with Crippen molar-refractivity contribution in [2.45, 2.75) is 11.3 Å². The highest BCUT2D eigenvalue weighted by Crippen LogP contribution is 2.29. The summed E-state index contributed by atoms with van der Waals surface area (Å²) in [5, 5.41) is 1.30. The molecule has 0 aliphatic carbocycles. The molecule has 0 radical (unpaired) electrons. The maximum Gasteiger partial charge on any atom is 0.287 e. The number of hydrogen-bond acceptors (Lipinski definition) is 5. The minimum absolute atomic E-state index is 0.0271. The van der Waals surface area contributed by atoms with Crippen LogP contribution in [0, 0.1) is 0 Å². The van der Waals surface area contributed by atoms with E-state index >= 15 is 0 Å². The van der Waals surface area contributed by atoms with Crippen LogP contribution < -0.4 is 10.9 Å². The standard InChI is InChI=1S/C13H12N4O2S/c14-17-11-6-7-15-9-12(11)20(18,19)16-13(17)8-10-4-2-1-3-5-10/h1-7,9H,8,14H2. The first-order chi connectivity index (χ1) is 9.58. The minimum atomic E-state index is -3.74. The summed E-state index contributed by atoms with van der Waals surface area (Å²) < 4.78 is 28.0. The molecule has 2 heterocycles. The van der Waals surface area contributed by atoms with Crippen LogP contribution in [0.2, 0.25) is 0 Å². The van der Waals surface area contributed by atoms with Crippen LogP contribution in [0.25, 0.3) is 0 Å². The van der Waals surface area contributed by atoms with Crippen LogP contribution in [0.1, 0.15) is 5.56 Å². The van der Waals surface area contributed by atoms with Gasteiger partial charge in [-0.2, -0.15) is 8.42 Å². The highest BCUT2D eigenvalue weighted by molar-refractivity contribution is 7.90. The minimum Gasteiger partial charge on any atom is -0.263 e. The summed E-state index contributed by atoms with van der Waals surface area (Å²) in [6, 6.07) is 11.0. The van der Waals surface area contributed by atoms with E-state index in [1.165, 1.54) is 17.4 Å². The molecule has 1 aliphatic heterocycles.